The fraction of sp³-hybridized carbons (Fsp3) is 0.0667. The van der Waals surface area contributed by atoms with Crippen LogP contribution in [0.2, 0.25) is 0 Å². The second kappa shape index (κ2) is 6.38. The van der Waals surface area contributed by atoms with Gasteiger partial charge in [-0.1, -0.05) is 48.5 Å². The minimum atomic E-state index is -0.825. The summed E-state index contributed by atoms with van der Waals surface area (Å²) in [5.41, 5.74) is 6.46. The highest BCUT2D eigenvalue weighted by molar-refractivity contribution is 5.97. The van der Waals surface area contributed by atoms with E-state index in [1.807, 2.05) is 24.3 Å². The molecule has 0 aliphatic heterocycles. The summed E-state index contributed by atoms with van der Waals surface area (Å²) < 4.78 is 0. The predicted octanol–water partition coefficient (Wildman–Crippen LogP) is 2.03. The van der Waals surface area contributed by atoms with E-state index in [-0.39, 0.29) is 5.91 Å². The molecule has 0 aliphatic rings. The van der Waals surface area contributed by atoms with Crippen LogP contribution in [0.4, 0.5) is 10.5 Å². The zero-order valence-electron chi connectivity index (χ0n) is 10.7. The molecule has 0 aliphatic carbocycles. The van der Waals surface area contributed by atoms with Gasteiger partial charge in [-0.15, -0.1) is 0 Å². The summed E-state index contributed by atoms with van der Waals surface area (Å²) in [7, 11) is 0. The second-order valence-electron chi connectivity index (χ2n) is 4.21. The lowest BCUT2D eigenvalue weighted by Crippen LogP contribution is -2.39. The van der Waals surface area contributed by atoms with Crippen LogP contribution in [0.15, 0.2) is 60.7 Å². The molecule has 0 spiro atoms. The van der Waals surface area contributed by atoms with E-state index < -0.39 is 12.1 Å². The van der Waals surface area contributed by atoms with Gasteiger partial charge in [-0.2, -0.15) is 0 Å². The molecule has 0 fully saturated rings. The van der Waals surface area contributed by atoms with Gasteiger partial charge in [-0.25, -0.2) is 4.79 Å². The molecule has 5 heteroatoms. The van der Waals surface area contributed by atoms with Crippen molar-refractivity contribution in [2.24, 2.45) is 5.73 Å². The number of urea groups is 1. The lowest BCUT2D eigenvalue weighted by atomic mass is 10.1. The molecule has 0 bridgehead atoms. The quantitative estimate of drug-likeness (QED) is 0.793. The largest absolute Gasteiger partial charge is 0.352 e. The first-order chi connectivity index (χ1) is 9.66. The van der Waals surface area contributed by atoms with Crippen molar-refractivity contribution in [3.63, 3.8) is 0 Å². The summed E-state index contributed by atoms with van der Waals surface area (Å²) in [5, 5.41) is 5.18. The Labute approximate surface area is 116 Å². The van der Waals surface area contributed by atoms with E-state index >= 15 is 0 Å². The van der Waals surface area contributed by atoms with Crippen LogP contribution < -0.4 is 16.4 Å². The first kappa shape index (κ1) is 13.6. The molecule has 2 aromatic rings. The molecular weight excluding hydrogens is 254 g/mol. The molecule has 0 heterocycles. The Balaban J connectivity index is 2.18. The number of amides is 3. The number of anilines is 1. The number of rotatable bonds is 4. The molecule has 2 aromatic carbocycles. The van der Waals surface area contributed by atoms with Crippen molar-refractivity contribution >= 4 is 17.6 Å². The van der Waals surface area contributed by atoms with E-state index in [4.69, 9.17) is 5.73 Å². The Hall–Kier alpha value is -2.82. The molecule has 102 valence electrons. The standard InChI is InChI=1S/C15H15N3O2/c16-15(20)18-13(11-7-3-1-4-8-11)14(19)17-12-9-5-2-6-10-12/h1-10,13H,(H,17,19)(H3,16,18,20)/t13-/m1/s1. The predicted molar refractivity (Wildman–Crippen MR) is 77.0 cm³/mol. The average Bonchev–Trinajstić information content (AvgIpc) is 2.46. The fourth-order valence-electron chi connectivity index (χ4n) is 1.82. The van der Waals surface area contributed by atoms with Crippen molar-refractivity contribution in [1.82, 2.24) is 5.32 Å². The third kappa shape index (κ3) is 3.58. The minimum absolute atomic E-state index is 0.346. The van der Waals surface area contributed by atoms with Gasteiger partial charge in [0.15, 0.2) is 0 Å². The molecule has 0 saturated heterocycles. The number of nitrogens with one attached hydrogen (secondary N) is 2. The van der Waals surface area contributed by atoms with Gasteiger partial charge in [-0.3, -0.25) is 4.79 Å². The highest BCUT2D eigenvalue weighted by atomic mass is 16.2. The van der Waals surface area contributed by atoms with Crippen molar-refractivity contribution < 1.29 is 9.59 Å². The number of hydrogen-bond acceptors (Lipinski definition) is 2. The number of carbonyl (C=O) groups excluding carboxylic acids is 2. The molecule has 0 saturated carbocycles. The summed E-state index contributed by atoms with van der Waals surface area (Å²) in [6, 6.07) is 16.4. The minimum Gasteiger partial charge on any atom is -0.352 e. The Kier molecular flexibility index (Phi) is 4.34. The molecule has 0 aromatic heterocycles. The molecule has 20 heavy (non-hydrogen) atoms. The van der Waals surface area contributed by atoms with Gasteiger partial charge in [0.25, 0.3) is 5.91 Å². The Morgan fingerprint density at radius 1 is 0.900 bits per heavy atom. The van der Waals surface area contributed by atoms with Crippen molar-refractivity contribution in [2.45, 2.75) is 6.04 Å². The molecule has 4 N–H and O–H groups in total. The van der Waals surface area contributed by atoms with Gasteiger partial charge < -0.3 is 16.4 Å². The number of para-hydroxylation sites is 1. The van der Waals surface area contributed by atoms with Crippen molar-refractivity contribution in [3.05, 3.63) is 66.2 Å². The SMILES string of the molecule is NC(=O)N[C@@H](C(=O)Nc1ccccc1)c1ccccc1. The van der Waals surface area contributed by atoms with Crippen LogP contribution in [0.25, 0.3) is 0 Å². The normalized spacial score (nSPS) is 11.4. The summed E-state index contributed by atoms with van der Waals surface area (Å²) in [5.74, 6) is -0.346. The van der Waals surface area contributed by atoms with Crippen LogP contribution in [0, 0.1) is 0 Å². The van der Waals surface area contributed by atoms with E-state index in [1.54, 1.807) is 36.4 Å². The summed E-state index contributed by atoms with van der Waals surface area (Å²) in [4.78, 5) is 23.3. The number of primary amides is 1. The average molecular weight is 269 g/mol. The van der Waals surface area contributed by atoms with Crippen molar-refractivity contribution in [2.75, 3.05) is 5.32 Å². The monoisotopic (exact) mass is 269 g/mol. The Morgan fingerprint density at radius 2 is 1.45 bits per heavy atom. The Morgan fingerprint density at radius 3 is 2.00 bits per heavy atom. The van der Waals surface area contributed by atoms with E-state index in [0.717, 1.165) is 0 Å². The summed E-state index contributed by atoms with van der Waals surface area (Å²) >= 11 is 0. The van der Waals surface area contributed by atoms with Crippen LogP contribution in [0.5, 0.6) is 0 Å². The van der Waals surface area contributed by atoms with Crippen molar-refractivity contribution in [3.8, 4) is 0 Å². The lowest BCUT2D eigenvalue weighted by Gasteiger charge is -2.17. The maximum atomic E-state index is 12.3. The first-order valence-electron chi connectivity index (χ1n) is 6.13. The third-order valence-electron chi connectivity index (χ3n) is 2.72. The molecule has 5 nitrogen and oxygen atoms in total. The molecule has 1 atom stereocenters. The highest BCUT2D eigenvalue weighted by Gasteiger charge is 2.21. The van der Waals surface area contributed by atoms with E-state index in [0.29, 0.717) is 11.3 Å². The topological polar surface area (TPSA) is 84.2 Å². The fourth-order valence-corrected chi connectivity index (χ4v) is 1.82. The second-order valence-corrected chi connectivity index (χ2v) is 4.21. The molecule has 0 radical (unpaired) electrons. The lowest BCUT2D eigenvalue weighted by molar-refractivity contribution is -0.118. The van der Waals surface area contributed by atoms with Gasteiger partial charge in [0, 0.05) is 5.69 Å². The van der Waals surface area contributed by atoms with Crippen LogP contribution in [0.3, 0.4) is 0 Å². The molecular formula is C15H15N3O2. The number of benzene rings is 2. The maximum Gasteiger partial charge on any atom is 0.313 e. The Bertz CT molecular complexity index is 585. The van der Waals surface area contributed by atoms with Crippen LogP contribution in [-0.4, -0.2) is 11.9 Å². The third-order valence-corrected chi connectivity index (χ3v) is 2.72. The number of carbonyl (C=O) groups is 2. The smallest absolute Gasteiger partial charge is 0.313 e. The van der Waals surface area contributed by atoms with Gasteiger partial charge in [0.05, 0.1) is 0 Å². The zero-order valence-corrected chi connectivity index (χ0v) is 10.7. The van der Waals surface area contributed by atoms with Gasteiger partial charge >= 0.3 is 6.03 Å². The van der Waals surface area contributed by atoms with E-state index in [1.165, 1.54) is 0 Å². The zero-order chi connectivity index (χ0) is 14.4. The highest BCUT2D eigenvalue weighted by Crippen LogP contribution is 2.15. The maximum absolute atomic E-state index is 12.3. The number of hydrogen-bond donors (Lipinski definition) is 3. The van der Waals surface area contributed by atoms with Gasteiger partial charge in [-0.05, 0) is 17.7 Å². The van der Waals surface area contributed by atoms with Gasteiger partial charge in [0.2, 0.25) is 0 Å². The first-order valence-corrected chi connectivity index (χ1v) is 6.13. The molecule has 2 rings (SSSR count). The van der Waals surface area contributed by atoms with Gasteiger partial charge in [0.1, 0.15) is 6.04 Å². The summed E-state index contributed by atoms with van der Waals surface area (Å²) in [6.07, 6.45) is 0. The van der Waals surface area contributed by atoms with Crippen LogP contribution in [0.1, 0.15) is 11.6 Å². The van der Waals surface area contributed by atoms with E-state index in [9.17, 15) is 9.59 Å². The van der Waals surface area contributed by atoms with Crippen LogP contribution in [-0.2, 0) is 4.79 Å². The van der Waals surface area contributed by atoms with E-state index in [2.05, 4.69) is 10.6 Å². The van der Waals surface area contributed by atoms with Crippen LogP contribution >= 0.6 is 0 Å². The van der Waals surface area contributed by atoms with Crippen molar-refractivity contribution in [1.29, 1.82) is 0 Å². The molecule has 0 unspecified atom stereocenters. The summed E-state index contributed by atoms with van der Waals surface area (Å²) in [6.45, 7) is 0. The molecule has 3 amide bonds. The number of nitrogens with two attached hydrogens (primary N) is 1.